The van der Waals surface area contributed by atoms with Crippen LogP contribution in [-0.2, 0) is 9.59 Å². The number of Topliss-reactive ketones (excluding diaryl/α,β-unsaturated/α-hetero) is 4. The Balaban J connectivity index is 1.95. The number of carbonyl (C=O) groups is 4. The zero-order chi connectivity index (χ0) is 15.4. The Morgan fingerprint density at radius 2 is 1.09 bits per heavy atom. The Morgan fingerprint density at radius 3 is 1.50 bits per heavy atom. The summed E-state index contributed by atoms with van der Waals surface area (Å²) in [7, 11) is 0. The molecule has 0 N–H and O–H groups in total. The van der Waals surface area contributed by atoms with Crippen LogP contribution in [0.15, 0.2) is 47.6 Å². The van der Waals surface area contributed by atoms with Crippen molar-refractivity contribution in [1.82, 2.24) is 0 Å². The summed E-state index contributed by atoms with van der Waals surface area (Å²) in [5, 5.41) is 0. The van der Waals surface area contributed by atoms with E-state index in [1.165, 1.54) is 12.1 Å². The number of benzene rings is 1. The maximum Gasteiger partial charge on any atom is 0.198 e. The van der Waals surface area contributed by atoms with Gasteiger partial charge >= 0.3 is 0 Å². The summed E-state index contributed by atoms with van der Waals surface area (Å²) in [6.07, 6.45) is 4.63. The van der Waals surface area contributed by atoms with Gasteiger partial charge < -0.3 is 0 Å². The van der Waals surface area contributed by atoms with Crippen LogP contribution < -0.4 is 0 Å². The highest BCUT2D eigenvalue weighted by Gasteiger charge is 2.49. The lowest BCUT2D eigenvalue weighted by molar-refractivity contribution is -0.130. The minimum Gasteiger partial charge on any atom is -0.294 e. The molecule has 0 spiro atoms. The molecule has 4 rings (SSSR count). The van der Waals surface area contributed by atoms with Crippen molar-refractivity contribution < 1.29 is 19.2 Å². The highest BCUT2D eigenvalue weighted by atomic mass is 16.2. The second-order valence-corrected chi connectivity index (χ2v) is 5.84. The van der Waals surface area contributed by atoms with E-state index in [4.69, 9.17) is 0 Å². The minimum absolute atomic E-state index is 0.190. The predicted octanol–water partition coefficient (Wildman–Crippen LogP) is 2.10. The molecule has 0 bridgehead atoms. The Bertz CT molecular complexity index is 758. The van der Waals surface area contributed by atoms with Crippen molar-refractivity contribution in [3.63, 3.8) is 0 Å². The van der Waals surface area contributed by atoms with Gasteiger partial charge in [-0.15, -0.1) is 0 Å². The van der Waals surface area contributed by atoms with Gasteiger partial charge in [0.25, 0.3) is 0 Å². The van der Waals surface area contributed by atoms with Crippen LogP contribution >= 0.6 is 0 Å². The Labute approximate surface area is 126 Å². The third-order valence-corrected chi connectivity index (χ3v) is 4.72. The second kappa shape index (κ2) is 4.44. The molecule has 0 aromatic heterocycles. The summed E-state index contributed by atoms with van der Waals surface area (Å²) in [4.78, 5) is 50.6. The van der Waals surface area contributed by atoms with E-state index in [1.54, 1.807) is 12.1 Å². The largest absolute Gasteiger partial charge is 0.294 e. The fourth-order valence-corrected chi connectivity index (χ4v) is 3.61. The number of hydrogen-bond donors (Lipinski definition) is 0. The first kappa shape index (κ1) is 13.1. The predicted molar refractivity (Wildman–Crippen MR) is 77.5 cm³/mol. The first-order valence-corrected chi connectivity index (χ1v) is 7.27. The molecular formula is C18H12O4. The normalized spacial score (nSPS) is 26.7. The molecule has 3 aliphatic carbocycles. The van der Waals surface area contributed by atoms with Crippen LogP contribution in [0.5, 0.6) is 0 Å². The molecule has 1 aromatic rings. The van der Waals surface area contributed by atoms with Crippen LogP contribution in [0, 0.1) is 11.8 Å². The Kier molecular flexibility index (Phi) is 2.64. The summed E-state index contributed by atoms with van der Waals surface area (Å²) < 4.78 is 0. The van der Waals surface area contributed by atoms with Crippen molar-refractivity contribution in [3.8, 4) is 0 Å². The molecule has 0 amide bonds. The molecule has 0 radical (unpaired) electrons. The van der Waals surface area contributed by atoms with Crippen molar-refractivity contribution in [1.29, 1.82) is 0 Å². The lowest BCUT2D eigenvalue weighted by Crippen LogP contribution is -2.44. The lowest BCUT2D eigenvalue weighted by atomic mass is 9.65. The smallest absolute Gasteiger partial charge is 0.198 e. The van der Waals surface area contributed by atoms with Gasteiger partial charge in [-0.05, 0) is 12.8 Å². The monoisotopic (exact) mass is 292 g/mol. The highest BCUT2D eigenvalue weighted by molar-refractivity contribution is 6.45. The van der Waals surface area contributed by atoms with E-state index in [0.717, 1.165) is 0 Å². The lowest BCUT2D eigenvalue weighted by Gasteiger charge is -2.34. The van der Waals surface area contributed by atoms with Gasteiger partial charge in [0.1, 0.15) is 0 Å². The average molecular weight is 292 g/mol. The van der Waals surface area contributed by atoms with Crippen LogP contribution in [0.25, 0.3) is 0 Å². The molecular weight excluding hydrogens is 280 g/mol. The molecule has 22 heavy (non-hydrogen) atoms. The van der Waals surface area contributed by atoms with E-state index in [1.807, 2.05) is 12.2 Å². The van der Waals surface area contributed by atoms with Crippen molar-refractivity contribution in [3.05, 3.63) is 58.7 Å². The standard InChI is InChI=1S/C18H12O4/c19-15-9-5-1-2-6-10(9)16(20)14-13(15)17(21)11-7-3-4-8-12(11)18(14)22/h1-6,11-12H,7-8H2/t11-,12-/m1/s1. The quantitative estimate of drug-likeness (QED) is 0.542. The third-order valence-electron chi connectivity index (χ3n) is 4.72. The van der Waals surface area contributed by atoms with Gasteiger partial charge in [0, 0.05) is 23.0 Å². The van der Waals surface area contributed by atoms with Gasteiger partial charge in [-0.3, -0.25) is 19.2 Å². The fraction of sp³-hybridized carbons (Fsp3) is 0.222. The third kappa shape index (κ3) is 1.52. The summed E-state index contributed by atoms with van der Waals surface area (Å²) in [6, 6.07) is 6.36. The topological polar surface area (TPSA) is 68.3 Å². The number of allylic oxidation sites excluding steroid dienone is 4. The summed E-state index contributed by atoms with van der Waals surface area (Å²) in [5.41, 5.74) is 0.0601. The summed E-state index contributed by atoms with van der Waals surface area (Å²) in [6.45, 7) is 0. The van der Waals surface area contributed by atoms with E-state index in [0.29, 0.717) is 12.8 Å². The van der Waals surface area contributed by atoms with Gasteiger partial charge in [-0.2, -0.15) is 0 Å². The van der Waals surface area contributed by atoms with Gasteiger partial charge in [0.05, 0.1) is 11.1 Å². The van der Waals surface area contributed by atoms with E-state index in [2.05, 4.69) is 0 Å². The molecule has 108 valence electrons. The number of hydrogen-bond acceptors (Lipinski definition) is 4. The molecule has 0 aliphatic heterocycles. The van der Waals surface area contributed by atoms with Crippen molar-refractivity contribution in [2.24, 2.45) is 11.8 Å². The summed E-state index contributed by atoms with van der Waals surface area (Å²) >= 11 is 0. The van der Waals surface area contributed by atoms with Gasteiger partial charge in [-0.25, -0.2) is 0 Å². The van der Waals surface area contributed by atoms with Gasteiger partial charge in [0.15, 0.2) is 23.1 Å². The molecule has 4 heteroatoms. The molecule has 0 fully saturated rings. The van der Waals surface area contributed by atoms with Crippen LogP contribution in [0.1, 0.15) is 33.6 Å². The molecule has 0 saturated heterocycles. The molecule has 0 unspecified atom stereocenters. The maximum absolute atomic E-state index is 12.7. The van der Waals surface area contributed by atoms with E-state index >= 15 is 0 Å². The van der Waals surface area contributed by atoms with Crippen molar-refractivity contribution in [2.45, 2.75) is 12.8 Å². The number of rotatable bonds is 0. The molecule has 4 nitrogen and oxygen atoms in total. The molecule has 1 aromatic carbocycles. The SMILES string of the molecule is O=C1C2=C(C(=O)c3ccccc31)C(=O)[C@@H]1CC=CC[C@H]1C2=O. The van der Waals surface area contributed by atoms with E-state index in [9.17, 15) is 19.2 Å². The number of ketones is 4. The van der Waals surface area contributed by atoms with Crippen LogP contribution in [0.3, 0.4) is 0 Å². The van der Waals surface area contributed by atoms with Gasteiger partial charge in [0.2, 0.25) is 0 Å². The van der Waals surface area contributed by atoms with Crippen molar-refractivity contribution >= 4 is 23.1 Å². The first-order valence-electron chi connectivity index (χ1n) is 7.27. The minimum atomic E-state index is -0.502. The molecule has 2 atom stereocenters. The second-order valence-electron chi connectivity index (χ2n) is 5.84. The highest BCUT2D eigenvalue weighted by Crippen LogP contribution is 2.40. The van der Waals surface area contributed by atoms with E-state index < -0.39 is 23.4 Å². The first-order chi connectivity index (χ1) is 10.6. The fourth-order valence-electron chi connectivity index (χ4n) is 3.61. The van der Waals surface area contributed by atoms with E-state index in [-0.39, 0.29) is 33.8 Å². The Hall–Kier alpha value is -2.62. The maximum atomic E-state index is 12.7. The zero-order valence-corrected chi connectivity index (χ0v) is 11.7. The van der Waals surface area contributed by atoms with Crippen LogP contribution in [-0.4, -0.2) is 23.1 Å². The van der Waals surface area contributed by atoms with Crippen LogP contribution in [0.4, 0.5) is 0 Å². The average Bonchev–Trinajstić information content (AvgIpc) is 2.56. The number of fused-ring (bicyclic) bond motifs is 2. The van der Waals surface area contributed by atoms with Crippen LogP contribution in [0.2, 0.25) is 0 Å². The summed E-state index contributed by atoms with van der Waals surface area (Å²) in [5.74, 6) is -2.68. The molecule has 0 saturated carbocycles. The Morgan fingerprint density at radius 1 is 0.682 bits per heavy atom. The number of carbonyl (C=O) groups excluding carboxylic acids is 4. The molecule has 3 aliphatic rings. The van der Waals surface area contributed by atoms with Gasteiger partial charge in [-0.1, -0.05) is 36.4 Å². The molecule has 0 heterocycles. The van der Waals surface area contributed by atoms with Crippen molar-refractivity contribution in [2.75, 3.05) is 0 Å². The zero-order valence-electron chi connectivity index (χ0n) is 11.7.